The van der Waals surface area contributed by atoms with Gasteiger partial charge in [0, 0.05) is 11.4 Å². The van der Waals surface area contributed by atoms with Crippen molar-refractivity contribution in [3.63, 3.8) is 0 Å². The molecule has 0 atom stereocenters. The summed E-state index contributed by atoms with van der Waals surface area (Å²) in [5.41, 5.74) is 4.71. The molecule has 0 saturated heterocycles. The van der Waals surface area contributed by atoms with Crippen molar-refractivity contribution in [2.45, 2.75) is 25.7 Å². The average Bonchev–Trinajstić information content (AvgIpc) is 2.51. The van der Waals surface area contributed by atoms with Gasteiger partial charge < -0.3 is 0 Å². The lowest BCUT2D eigenvalue weighted by Crippen LogP contribution is -2.13. The Hall–Kier alpha value is -2.22. The molecule has 0 bridgehead atoms. The third kappa shape index (κ3) is 3.41. The fourth-order valence-electron chi connectivity index (χ4n) is 2.42. The van der Waals surface area contributed by atoms with Crippen LogP contribution in [0, 0.1) is 0 Å². The number of benzene rings is 2. The van der Waals surface area contributed by atoms with Gasteiger partial charge in [-0.1, -0.05) is 36.4 Å². The van der Waals surface area contributed by atoms with Gasteiger partial charge in [0.2, 0.25) is 0 Å². The molecule has 0 radical (unpaired) electrons. The Balaban J connectivity index is 1.65. The highest BCUT2D eigenvalue weighted by Gasteiger charge is 2.12. The van der Waals surface area contributed by atoms with Gasteiger partial charge in [-0.2, -0.15) is 0 Å². The molecule has 0 aliphatic heterocycles. The van der Waals surface area contributed by atoms with Gasteiger partial charge in [-0.05, 0) is 49.9 Å². The maximum absolute atomic E-state index is 4.72. The Morgan fingerprint density at radius 2 is 0.850 bits per heavy atom. The number of rotatable bonds is 2. The molecule has 0 amide bonds. The molecule has 100 valence electrons. The quantitative estimate of drug-likeness (QED) is 0.719. The molecule has 0 spiro atoms. The second-order valence-corrected chi connectivity index (χ2v) is 5.03. The number of hydrogen-bond donors (Lipinski definition) is 0. The van der Waals surface area contributed by atoms with E-state index in [-0.39, 0.29) is 0 Å². The first-order valence-corrected chi connectivity index (χ1v) is 7.13. The molecule has 2 aromatic carbocycles. The normalized spacial score (nSPS) is 15.0. The molecule has 1 aliphatic rings. The molecule has 0 aromatic heterocycles. The Morgan fingerprint density at radius 1 is 0.500 bits per heavy atom. The standard InChI is InChI=1S/C18H18N2/c1-3-7-15(8-4-1)19-17-11-13-18(14-12-17)20-16-9-5-2-6-10-16/h1-10H,11-14H2. The van der Waals surface area contributed by atoms with Crippen molar-refractivity contribution in [2.75, 3.05) is 0 Å². The van der Waals surface area contributed by atoms with Crippen molar-refractivity contribution in [3.05, 3.63) is 60.7 Å². The van der Waals surface area contributed by atoms with E-state index in [0.29, 0.717) is 0 Å². The summed E-state index contributed by atoms with van der Waals surface area (Å²) in [6.45, 7) is 0. The molecular formula is C18H18N2. The van der Waals surface area contributed by atoms with Crippen LogP contribution >= 0.6 is 0 Å². The fraction of sp³-hybridized carbons (Fsp3) is 0.222. The summed E-state index contributed by atoms with van der Waals surface area (Å²) < 4.78 is 0. The summed E-state index contributed by atoms with van der Waals surface area (Å²) in [7, 11) is 0. The first-order valence-electron chi connectivity index (χ1n) is 7.13. The minimum atomic E-state index is 1.03. The smallest absolute Gasteiger partial charge is 0.0629 e. The van der Waals surface area contributed by atoms with E-state index < -0.39 is 0 Å². The zero-order valence-corrected chi connectivity index (χ0v) is 11.5. The summed E-state index contributed by atoms with van der Waals surface area (Å²) >= 11 is 0. The number of para-hydroxylation sites is 2. The highest BCUT2D eigenvalue weighted by Crippen LogP contribution is 2.21. The number of nitrogens with zero attached hydrogens (tertiary/aromatic N) is 2. The number of hydrogen-bond acceptors (Lipinski definition) is 2. The van der Waals surface area contributed by atoms with Crippen LogP contribution in [0.4, 0.5) is 11.4 Å². The van der Waals surface area contributed by atoms with Crippen LogP contribution in [0.3, 0.4) is 0 Å². The zero-order chi connectivity index (χ0) is 13.6. The van der Waals surface area contributed by atoms with Gasteiger partial charge in [-0.25, -0.2) is 0 Å². The Labute approximate surface area is 119 Å². The molecule has 2 heteroatoms. The van der Waals surface area contributed by atoms with Crippen molar-refractivity contribution in [1.82, 2.24) is 0 Å². The third-order valence-electron chi connectivity index (χ3n) is 3.49. The maximum atomic E-state index is 4.72. The summed E-state index contributed by atoms with van der Waals surface area (Å²) in [6, 6.07) is 20.4. The third-order valence-corrected chi connectivity index (χ3v) is 3.49. The monoisotopic (exact) mass is 262 g/mol. The summed E-state index contributed by atoms with van der Waals surface area (Å²) in [5, 5.41) is 0. The summed E-state index contributed by atoms with van der Waals surface area (Å²) in [5.74, 6) is 0. The van der Waals surface area contributed by atoms with Crippen LogP contribution in [0.15, 0.2) is 70.6 Å². The largest absolute Gasteiger partial charge is 0.258 e. The molecule has 1 fully saturated rings. The lowest BCUT2D eigenvalue weighted by Gasteiger charge is -2.15. The van der Waals surface area contributed by atoms with Crippen molar-refractivity contribution in [3.8, 4) is 0 Å². The SMILES string of the molecule is c1ccc(N=C2CCC(=Nc3ccccc3)CC2)cc1. The molecule has 1 aliphatic carbocycles. The minimum Gasteiger partial charge on any atom is -0.258 e. The minimum absolute atomic E-state index is 1.03. The predicted molar refractivity (Wildman–Crippen MR) is 85.5 cm³/mol. The first-order chi connectivity index (χ1) is 9.90. The van der Waals surface area contributed by atoms with Crippen LogP contribution in [-0.2, 0) is 0 Å². The predicted octanol–water partition coefficient (Wildman–Crippen LogP) is 5.11. The van der Waals surface area contributed by atoms with Crippen LogP contribution in [-0.4, -0.2) is 11.4 Å². The lowest BCUT2D eigenvalue weighted by atomic mass is 9.96. The second-order valence-electron chi connectivity index (χ2n) is 5.03. The molecule has 0 heterocycles. The van der Waals surface area contributed by atoms with E-state index in [4.69, 9.17) is 9.98 Å². The zero-order valence-electron chi connectivity index (χ0n) is 11.5. The number of aliphatic imine (C=N–C) groups is 2. The highest BCUT2D eigenvalue weighted by atomic mass is 14.8. The van der Waals surface area contributed by atoms with Gasteiger partial charge in [0.1, 0.15) is 0 Å². The topological polar surface area (TPSA) is 24.7 Å². The van der Waals surface area contributed by atoms with Gasteiger partial charge in [0.15, 0.2) is 0 Å². The van der Waals surface area contributed by atoms with Gasteiger partial charge in [0.05, 0.1) is 11.4 Å². The van der Waals surface area contributed by atoms with E-state index in [1.807, 2.05) is 36.4 Å². The Bertz CT molecular complexity index is 543. The van der Waals surface area contributed by atoms with Crippen LogP contribution in [0.25, 0.3) is 0 Å². The molecule has 20 heavy (non-hydrogen) atoms. The van der Waals surface area contributed by atoms with E-state index >= 15 is 0 Å². The van der Waals surface area contributed by atoms with Crippen LogP contribution in [0.2, 0.25) is 0 Å². The van der Waals surface area contributed by atoms with Gasteiger partial charge >= 0.3 is 0 Å². The van der Waals surface area contributed by atoms with E-state index in [1.165, 1.54) is 11.4 Å². The molecule has 2 nitrogen and oxygen atoms in total. The molecule has 2 aromatic rings. The first kappa shape index (κ1) is 12.8. The highest BCUT2D eigenvalue weighted by molar-refractivity contribution is 5.99. The fourth-order valence-corrected chi connectivity index (χ4v) is 2.42. The summed E-state index contributed by atoms with van der Waals surface area (Å²) in [4.78, 5) is 9.44. The molecule has 3 rings (SSSR count). The van der Waals surface area contributed by atoms with E-state index in [0.717, 1.165) is 37.1 Å². The lowest BCUT2D eigenvalue weighted by molar-refractivity contribution is 0.948. The Kier molecular flexibility index (Phi) is 4.02. The van der Waals surface area contributed by atoms with Crippen LogP contribution in [0.5, 0.6) is 0 Å². The molecule has 1 saturated carbocycles. The average molecular weight is 262 g/mol. The van der Waals surface area contributed by atoms with Crippen molar-refractivity contribution >= 4 is 22.8 Å². The van der Waals surface area contributed by atoms with Crippen molar-refractivity contribution in [2.24, 2.45) is 9.98 Å². The molecule has 0 N–H and O–H groups in total. The van der Waals surface area contributed by atoms with Crippen molar-refractivity contribution < 1.29 is 0 Å². The van der Waals surface area contributed by atoms with Gasteiger partial charge in [0.25, 0.3) is 0 Å². The maximum Gasteiger partial charge on any atom is 0.0629 e. The van der Waals surface area contributed by atoms with E-state index in [2.05, 4.69) is 24.3 Å². The Morgan fingerprint density at radius 3 is 1.20 bits per heavy atom. The van der Waals surface area contributed by atoms with Crippen LogP contribution in [0.1, 0.15) is 25.7 Å². The second kappa shape index (κ2) is 6.29. The van der Waals surface area contributed by atoms with Gasteiger partial charge in [-0.3, -0.25) is 9.98 Å². The molecular weight excluding hydrogens is 244 g/mol. The van der Waals surface area contributed by atoms with Crippen molar-refractivity contribution in [1.29, 1.82) is 0 Å². The van der Waals surface area contributed by atoms with Crippen LogP contribution < -0.4 is 0 Å². The van der Waals surface area contributed by atoms with Gasteiger partial charge in [-0.15, -0.1) is 0 Å². The van der Waals surface area contributed by atoms with E-state index in [9.17, 15) is 0 Å². The summed E-state index contributed by atoms with van der Waals surface area (Å²) in [6.07, 6.45) is 4.11. The molecule has 0 unspecified atom stereocenters. The van der Waals surface area contributed by atoms with E-state index in [1.54, 1.807) is 0 Å².